The van der Waals surface area contributed by atoms with Gasteiger partial charge in [0.2, 0.25) is 5.75 Å². The molecule has 1 heterocycles. The zero-order chi connectivity index (χ0) is 15.2. The van der Waals surface area contributed by atoms with Crippen molar-refractivity contribution in [2.24, 2.45) is 5.84 Å². The lowest BCUT2D eigenvalue weighted by molar-refractivity contribution is 0.0955. The number of para-hydroxylation sites is 1. The summed E-state index contributed by atoms with van der Waals surface area (Å²) in [7, 11) is 3.11. The predicted octanol–water partition coefficient (Wildman–Crippen LogP) is 1.95. The van der Waals surface area contributed by atoms with E-state index in [4.69, 9.17) is 20.1 Å². The van der Waals surface area contributed by atoms with Crippen LogP contribution in [-0.2, 0) is 6.61 Å². The van der Waals surface area contributed by atoms with Crippen molar-refractivity contribution >= 4 is 17.2 Å². The van der Waals surface area contributed by atoms with E-state index in [-0.39, 0.29) is 12.5 Å². The summed E-state index contributed by atoms with van der Waals surface area (Å²) in [6, 6.07) is 7.18. The normalized spacial score (nSPS) is 10.0. The molecule has 21 heavy (non-hydrogen) atoms. The quantitative estimate of drug-likeness (QED) is 0.484. The highest BCUT2D eigenvalue weighted by atomic mass is 32.1. The fourth-order valence-electron chi connectivity index (χ4n) is 1.82. The summed E-state index contributed by atoms with van der Waals surface area (Å²) in [6.07, 6.45) is 0. The fraction of sp³-hybridized carbons (Fsp3) is 0.214. The number of ether oxygens (including phenoxy) is 3. The number of nitrogens with one attached hydrogen (secondary N) is 1. The van der Waals surface area contributed by atoms with Crippen molar-refractivity contribution in [1.29, 1.82) is 0 Å². The molecule has 0 radical (unpaired) electrons. The van der Waals surface area contributed by atoms with Gasteiger partial charge in [-0.25, -0.2) is 5.84 Å². The number of thiophene rings is 1. The van der Waals surface area contributed by atoms with Gasteiger partial charge in [-0.15, -0.1) is 11.3 Å². The van der Waals surface area contributed by atoms with E-state index in [0.29, 0.717) is 22.1 Å². The van der Waals surface area contributed by atoms with Gasteiger partial charge >= 0.3 is 0 Å². The smallest absolute Gasteiger partial charge is 0.275 e. The van der Waals surface area contributed by atoms with Gasteiger partial charge in [0.15, 0.2) is 11.5 Å². The molecule has 0 bridgehead atoms. The zero-order valence-corrected chi connectivity index (χ0v) is 12.5. The van der Waals surface area contributed by atoms with Crippen LogP contribution in [0.3, 0.4) is 0 Å². The number of rotatable bonds is 6. The molecule has 0 fully saturated rings. The maximum atomic E-state index is 11.6. The Labute approximate surface area is 126 Å². The van der Waals surface area contributed by atoms with Crippen LogP contribution in [0, 0.1) is 0 Å². The minimum absolute atomic E-state index is 0.211. The Kier molecular flexibility index (Phi) is 5.02. The van der Waals surface area contributed by atoms with Gasteiger partial charge in [-0.2, -0.15) is 0 Å². The second kappa shape index (κ2) is 6.96. The largest absolute Gasteiger partial charge is 0.493 e. The molecule has 7 heteroatoms. The lowest BCUT2D eigenvalue weighted by atomic mass is 10.2. The Balaban J connectivity index is 2.21. The first kappa shape index (κ1) is 15.1. The Morgan fingerprint density at radius 2 is 1.90 bits per heavy atom. The number of carbonyl (C=O) groups excluding carboxylic acids is 1. The molecule has 0 saturated carbocycles. The molecule has 1 aromatic carbocycles. The summed E-state index contributed by atoms with van der Waals surface area (Å²) >= 11 is 1.30. The summed E-state index contributed by atoms with van der Waals surface area (Å²) in [5.41, 5.74) is 2.86. The summed E-state index contributed by atoms with van der Waals surface area (Å²) in [5.74, 6) is 6.44. The summed E-state index contributed by atoms with van der Waals surface area (Å²) in [5, 5.41) is 1.81. The molecule has 0 atom stereocenters. The van der Waals surface area contributed by atoms with E-state index >= 15 is 0 Å². The Morgan fingerprint density at radius 1 is 1.24 bits per heavy atom. The van der Waals surface area contributed by atoms with Gasteiger partial charge < -0.3 is 14.2 Å². The molecule has 0 aliphatic heterocycles. The molecular formula is C14H16N2O4S. The van der Waals surface area contributed by atoms with Crippen LogP contribution in [-0.4, -0.2) is 20.1 Å². The summed E-state index contributed by atoms with van der Waals surface area (Å²) < 4.78 is 16.3. The third kappa shape index (κ3) is 3.26. The number of hydrogen-bond donors (Lipinski definition) is 2. The SMILES string of the molecule is COc1cccc(OC)c1OCc1ccsc1C(=O)NN. The molecule has 2 aromatic rings. The molecule has 0 unspecified atom stereocenters. The van der Waals surface area contributed by atoms with Crippen LogP contribution in [0.1, 0.15) is 15.2 Å². The van der Waals surface area contributed by atoms with E-state index in [2.05, 4.69) is 5.43 Å². The molecule has 1 aromatic heterocycles. The Morgan fingerprint density at radius 3 is 2.48 bits per heavy atom. The molecule has 6 nitrogen and oxygen atoms in total. The standard InChI is InChI=1S/C14H16N2O4S/c1-18-10-4-3-5-11(19-2)12(10)20-8-9-6-7-21-13(9)14(17)16-15/h3-7H,8,15H2,1-2H3,(H,16,17). The van der Waals surface area contributed by atoms with E-state index < -0.39 is 0 Å². The third-order valence-corrected chi connectivity index (χ3v) is 3.79. The maximum absolute atomic E-state index is 11.6. The van der Waals surface area contributed by atoms with Crippen LogP contribution in [0.15, 0.2) is 29.6 Å². The average Bonchev–Trinajstić information content (AvgIpc) is 3.00. The number of methoxy groups -OCH3 is 2. The van der Waals surface area contributed by atoms with Gasteiger partial charge in [0.25, 0.3) is 5.91 Å². The second-order valence-corrected chi connectivity index (χ2v) is 4.94. The first-order valence-corrected chi connectivity index (χ1v) is 7.00. The molecule has 1 amide bonds. The highest BCUT2D eigenvalue weighted by Gasteiger charge is 2.15. The zero-order valence-electron chi connectivity index (χ0n) is 11.7. The highest BCUT2D eigenvalue weighted by molar-refractivity contribution is 7.12. The molecule has 0 aliphatic rings. The molecule has 0 aliphatic carbocycles. The average molecular weight is 308 g/mol. The van der Waals surface area contributed by atoms with E-state index in [0.717, 1.165) is 5.56 Å². The van der Waals surface area contributed by atoms with E-state index in [1.807, 2.05) is 17.5 Å². The van der Waals surface area contributed by atoms with Gasteiger partial charge in [0, 0.05) is 5.56 Å². The topological polar surface area (TPSA) is 82.8 Å². The Bertz CT molecular complexity index is 605. The number of nitrogen functional groups attached to an aromatic ring is 1. The first-order valence-electron chi connectivity index (χ1n) is 6.12. The Hall–Kier alpha value is -2.25. The van der Waals surface area contributed by atoms with Crippen LogP contribution in [0.4, 0.5) is 0 Å². The van der Waals surface area contributed by atoms with Crippen molar-refractivity contribution in [1.82, 2.24) is 5.43 Å². The molecule has 0 saturated heterocycles. The lowest BCUT2D eigenvalue weighted by Gasteiger charge is -2.14. The molecule has 0 spiro atoms. The van der Waals surface area contributed by atoms with Crippen LogP contribution in [0.2, 0.25) is 0 Å². The number of hydrogen-bond acceptors (Lipinski definition) is 6. The van der Waals surface area contributed by atoms with Crippen LogP contribution >= 0.6 is 11.3 Å². The molecule has 3 N–H and O–H groups in total. The summed E-state index contributed by atoms with van der Waals surface area (Å²) in [6.45, 7) is 0.211. The molecular weight excluding hydrogens is 292 g/mol. The molecule has 2 rings (SSSR count). The van der Waals surface area contributed by atoms with Crippen LogP contribution in [0.25, 0.3) is 0 Å². The maximum Gasteiger partial charge on any atom is 0.275 e. The van der Waals surface area contributed by atoms with E-state index in [1.54, 1.807) is 26.4 Å². The van der Waals surface area contributed by atoms with Crippen LogP contribution < -0.4 is 25.5 Å². The predicted molar refractivity (Wildman–Crippen MR) is 79.9 cm³/mol. The van der Waals surface area contributed by atoms with Crippen molar-refractivity contribution < 1.29 is 19.0 Å². The van der Waals surface area contributed by atoms with Crippen molar-refractivity contribution in [2.75, 3.05) is 14.2 Å². The fourth-order valence-corrected chi connectivity index (χ4v) is 2.64. The van der Waals surface area contributed by atoms with E-state index in [1.165, 1.54) is 11.3 Å². The third-order valence-electron chi connectivity index (χ3n) is 2.84. The van der Waals surface area contributed by atoms with E-state index in [9.17, 15) is 4.79 Å². The summed E-state index contributed by atoms with van der Waals surface area (Å²) in [4.78, 5) is 12.1. The number of nitrogens with two attached hydrogens (primary N) is 1. The van der Waals surface area contributed by atoms with Gasteiger partial charge in [-0.1, -0.05) is 6.07 Å². The highest BCUT2D eigenvalue weighted by Crippen LogP contribution is 2.37. The van der Waals surface area contributed by atoms with Gasteiger partial charge in [-0.05, 0) is 23.6 Å². The number of amides is 1. The number of carbonyl (C=O) groups is 1. The number of hydrazine groups is 1. The number of benzene rings is 1. The minimum atomic E-state index is -0.337. The monoisotopic (exact) mass is 308 g/mol. The van der Waals surface area contributed by atoms with Crippen molar-refractivity contribution in [3.8, 4) is 17.2 Å². The first-order chi connectivity index (χ1) is 10.2. The van der Waals surface area contributed by atoms with Crippen molar-refractivity contribution in [3.05, 3.63) is 40.1 Å². The molecule has 112 valence electrons. The minimum Gasteiger partial charge on any atom is -0.493 e. The second-order valence-electron chi connectivity index (χ2n) is 4.03. The van der Waals surface area contributed by atoms with Gasteiger partial charge in [0.1, 0.15) is 6.61 Å². The van der Waals surface area contributed by atoms with Crippen LogP contribution in [0.5, 0.6) is 17.2 Å². The van der Waals surface area contributed by atoms with Gasteiger partial charge in [0.05, 0.1) is 19.1 Å². The van der Waals surface area contributed by atoms with Crippen molar-refractivity contribution in [2.45, 2.75) is 6.61 Å². The van der Waals surface area contributed by atoms with Crippen molar-refractivity contribution in [3.63, 3.8) is 0 Å². The lowest BCUT2D eigenvalue weighted by Crippen LogP contribution is -2.30. The van der Waals surface area contributed by atoms with Gasteiger partial charge in [-0.3, -0.25) is 10.2 Å².